The number of nitrogens with zero attached hydrogens (tertiary/aromatic N) is 4. The number of fused-ring (bicyclic) bond motifs is 52. The molecule has 24 aromatic carbocycles. The fourth-order valence-corrected chi connectivity index (χ4v) is 30.2. The number of benzene rings is 24. The highest BCUT2D eigenvalue weighted by Crippen LogP contribution is 2.69. The normalized spacial score (nSPS) is 14.3. The van der Waals surface area contributed by atoms with Gasteiger partial charge in [0.05, 0.1) is 66.7 Å². The van der Waals surface area contributed by atoms with E-state index in [0.717, 1.165) is 143 Å². The highest BCUT2D eigenvalue weighted by Gasteiger charge is 2.57. The van der Waals surface area contributed by atoms with E-state index in [1.165, 1.54) is 178 Å². The summed E-state index contributed by atoms with van der Waals surface area (Å²) < 4.78 is 5.13. The molecule has 3 heterocycles. The van der Waals surface area contributed by atoms with Crippen LogP contribution in [0.25, 0.3) is 232 Å². The third-order valence-electron chi connectivity index (χ3n) is 36.0. The molecule has 0 fully saturated rings. The Morgan fingerprint density at radius 3 is 0.573 bits per heavy atom. The first kappa shape index (κ1) is 81.1. The van der Waals surface area contributed by atoms with E-state index in [1.54, 1.807) is 0 Å². The summed E-state index contributed by atoms with van der Waals surface area (Å²) >= 11 is 0. The molecule has 0 amide bonds. The average Bonchev–Trinajstić information content (AvgIpc) is 1.52. The molecule has 8 aliphatic carbocycles. The summed E-state index contributed by atoms with van der Waals surface area (Å²) in [5.74, 6) is 0. The molecule has 0 unspecified atom stereocenters. The van der Waals surface area contributed by atoms with Gasteiger partial charge in [0.15, 0.2) is 0 Å². The molecule has 27 aromatic rings. The molecule has 35 rings (SSSR count). The molecule has 0 radical (unpaired) electrons. The highest BCUT2D eigenvalue weighted by molar-refractivity contribution is 6.24. The third-order valence-corrected chi connectivity index (χ3v) is 36.0. The van der Waals surface area contributed by atoms with Gasteiger partial charge in [-0.05, 0) is 324 Å². The summed E-state index contributed by atoms with van der Waals surface area (Å²) in [6.45, 7) is 0. The Morgan fingerprint density at radius 1 is 0.140 bits per heavy atom. The maximum Gasteiger partial charge on any atom is 0.0979 e. The van der Waals surface area contributed by atoms with E-state index in [2.05, 4.69) is 513 Å². The summed E-state index contributed by atoms with van der Waals surface area (Å²) in [6, 6.07) is 194. The minimum atomic E-state index is -0.532. The van der Waals surface area contributed by atoms with E-state index >= 15 is 0 Å². The van der Waals surface area contributed by atoms with Crippen molar-refractivity contribution in [2.24, 2.45) is 0 Å². The second-order valence-corrected chi connectivity index (χ2v) is 42.5. The van der Waals surface area contributed by atoms with Gasteiger partial charge in [0.1, 0.15) is 0 Å². The Labute approximate surface area is 865 Å². The van der Waals surface area contributed by atoms with Crippen molar-refractivity contribution in [3.8, 4) is 156 Å². The third kappa shape index (κ3) is 10.1. The largest absolute Gasteiger partial charge is 0.309 e. The van der Waals surface area contributed by atoms with Crippen LogP contribution in [0.5, 0.6) is 0 Å². The van der Waals surface area contributed by atoms with Gasteiger partial charge in [-0.25, -0.2) is 4.98 Å². The van der Waals surface area contributed by atoms with Crippen molar-refractivity contribution in [3.63, 3.8) is 0 Å². The first-order valence-electron chi connectivity index (χ1n) is 52.5. The lowest BCUT2D eigenvalue weighted by Gasteiger charge is -2.30. The Hall–Kier alpha value is -19.3. The van der Waals surface area contributed by atoms with Gasteiger partial charge >= 0.3 is 0 Å². The smallest absolute Gasteiger partial charge is 0.0979 e. The Bertz CT molecular complexity index is 9550. The molecular formula is C146H84N4. The van der Waals surface area contributed by atoms with Crippen LogP contribution >= 0.6 is 0 Å². The van der Waals surface area contributed by atoms with E-state index in [1.807, 2.05) is 6.20 Å². The standard InChI is InChI=1S/C146H84N4/c1-3-43-114-96(29-1)97-30-2-4-44-115(97)142-141(114)147-84-136(148-142)93-73-94(149-137-69-61-85(89-57-65-110-106-39-13-25-53-128(106)143(132(110)79-89)120-45-17-5-31-98(120)99-32-6-18-46-121(99)143)75-116(137)117-76-86(62-70-138(117)149)90-58-66-111-107-40-14-26-54-129(107)144(133(111)80-90)122-47-19-7-33-100(122)101-34-8-20-48-123(101)144)83-95(74-93)150-139-71-63-87(91-59-67-112-108-41-15-27-55-130(108)145(134(112)81-91)124-49-21-9-35-102(124)103-36-10-22-50-125(103)145)77-118(139)119-78-88(64-72-140(119)150)92-60-68-113-109-42-16-28-56-131(109)146(135(113)82-92)126-51-23-11-37-104(126)105-38-12-24-52-127(105)146/h1-84H. The van der Waals surface area contributed by atoms with E-state index in [-0.39, 0.29) is 0 Å². The zero-order valence-corrected chi connectivity index (χ0v) is 81.3. The Morgan fingerprint density at radius 2 is 0.333 bits per heavy atom. The topological polar surface area (TPSA) is 35.6 Å². The van der Waals surface area contributed by atoms with Crippen LogP contribution < -0.4 is 0 Å². The van der Waals surface area contributed by atoms with Crippen LogP contribution in [0.15, 0.2) is 510 Å². The molecule has 0 saturated heterocycles. The molecule has 3 aromatic heterocycles. The first-order chi connectivity index (χ1) is 74.4. The van der Waals surface area contributed by atoms with E-state index in [9.17, 15) is 0 Å². The summed E-state index contributed by atoms with van der Waals surface area (Å²) in [6.07, 6.45) is 2.04. The van der Waals surface area contributed by atoms with Gasteiger partial charge in [0.2, 0.25) is 0 Å². The summed E-state index contributed by atoms with van der Waals surface area (Å²) in [5.41, 5.74) is 58.4. The van der Waals surface area contributed by atoms with Crippen molar-refractivity contribution in [3.05, 3.63) is 599 Å². The highest BCUT2D eigenvalue weighted by atomic mass is 15.0. The number of hydrogen-bond acceptors (Lipinski definition) is 2. The van der Waals surface area contributed by atoms with E-state index in [4.69, 9.17) is 9.97 Å². The van der Waals surface area contributed by atoms with Crippen LogP contribution in [-0.4, -0.2) is 19.1 Å². The average molecular weight is 1890 g/mol. The number of hydrogen-bond donors (Lipinski definition) is 0. The minimum Gasteiger partial charge on any atom is -0.309 e. The monoisotopic (exact) mass is 1890 g/mol. The van der Waals surface area contributed by atoms with Gasteiger partial charge < -0.3 is 9.13 Å². The van der Waals surface area contributed by atoms with Crippen molar-refractivity contribution < 1.29 is 0 Å². The summed E-state index contributed by atoms with van der Waals surface area (Å²) in [7, 11) is 0. The fourth-order valence-electron chi connectivity index (χ4n) is 30.2. The summed E-state index contributed by atoms with van der Waals surface area (Å²) in [4.78, 5) is 11.6. The fraction of sp³-hybridized carbons (Fsp3) is 0.0274. The molecule has 0 N–H and O–H groups in total. The predicted molar refractivity (Wildman–Crippen MR) is 616 cm³/mol. The molecule has 4 nitrogen and oxygen atoms in total. The molecule has 4 spiro atoms. The van der Waals surface area contributed by atoms with Crippen LogP contribution in [-0.2, 0) is 21.7 Å². The van der Waals surface area contributed by atoms with Crippen LogP contribution in [0.4, 0.5) is 0 Å². The Balaban J connectivity index is 0.615. The molecule has 0 aliphatic heterocycles. The second kappa shape index (κ2) is 29.3. The number of aromatic nitrogens is 4. The van der Waals surface area contributed by atoms with Crippen molar-refractivity contribution >= 4 is 76.2 Å². The van der Waals surface area contributed by atoms with Gasteiger partial charge in [-0.15, -0.1) is 0 Å². The van der Waals surface area contributed by atoms with Crippen LogP contribution in [0.1, 0.15) is 89.0 Å². The lowest BCUT2D eigenvalue weighted by atomic mass is 9.70. The van der Waals surface area contributed by atoms with Gasteiger partial charge in [0, 0.05) is 49.3 Å². The van der Waals surface area contributed by atoms with E-state index < -0.39 is 21.7 Å². The zero-order chi connectivity index (χ0) is 97.5. The Kier molecular flexibility index (Phi) is 15.9. The molecule has 0 atom stereocenters. The lowest BCUT2D eigenvalue weighted by molar-refractivity contribution is 0.794. The quantitative estimate of drug-likeness (QED) is 0.149. The van der Waals surface area contributed by atoms with Crippen LogP contribution in [0.2, 0.25) is 0 Å². The van der Waals surface area contributed by atoms with Gasteiger partial charge in [0.25, 0.3) is 0 Å². The summed E-state index contributed by atoms with van der Waals surface area (Å²) in [5, 5.41) is 8.99. The molecule has 0 bridgehead atoms. The van der Waals surface area contributed by atoms with Gasteiger partial charge in [-0.2, -0.15) is 0 Å². The van der Waals surface area contributed by atoms with Crippen LogP contribution in [0.3, 0.4) is 0 Å². The molecule has 688 valence electrons. The molecule has 8 aliphatic rings. The zero-order valence-electron chi connectivity index (χ0n) is 81.3. The minimum absolute atomic E-state index is 0.532. The number of rotatable bonds is 7. The van der Waals surface area contributed by atoms with Crippen molar-refractivity contribution in [2.75, 3.05) is 0 Å². The lowest BCUT2D eigenvalue weighted by Crippen LogP contribution is -2.25. The molecule has 4 heteroatoms. The second-order valence-electron chi connectivity index (χ2n) is 42.5. The van der Waals surface area contributed by atoms with Gasteiger partial charge in [-0.3, -0.25) is 4.98 Å². The predicted octanol–water partition coefficient (Wildman–Crippen LogP) is 35.8. The van der Waals surface area contributed by atoms with Crippen LogP contribution in [0, 0.1) is 0 Å². The maximum atomic E-state index is 5.97. The maximum absolute atomic E-state index is 5.97. The first-order valence-corrected chi connectivity index (χ1v) is 52.5. The molecule has 150 heavy (non-hydrogen) atoms. The molecule has 0 saturated carbocycles. The van der Waals surface area contributed by atoms with Gasteiger partial charge in [-0.1, -0.05) is 413 Å². The molecular weight excluding hydrogens is 1810 g/mol. The van der Waals surface area contributed by atoms with Crippen molar-refractivity contribution in [2.45, 2.75) is 21.7 Å². The van der Waals surface area contributed by atoms with Crippen molar-refractivity contribution in [1.29, 1.82) is 0 Å². The van der Waals surface area contributed by atoms with E-state index in [0.29, 0.717) is 0 Å². The van der Waals surface area contributed by atoms with Crippen molar-refractivity contribution in [1.82, 2.24) is 19.1 Å². The SMILES string of the molecule is c1ccc2c(c1)-c1ccccc1C21c2ccccc2-c2ccc(-c3ccc4c(c3)c3cc(-c5ccc6c(c5)C5(c7ccccc7-c7ccccc75)c5ccccc5-6)ccc3n4-c3cc(-c4cnc5c6ccccc6c6ccccc6c5n4)cc(-n4c5ccc(-c6ccc7c(c6)C6(c8ccccc8-c8ccccc86)c6ccccc6-7)cc5c5cc(-c6ccc7c(c6)C6(c8ccccc8-c8ccccc86)c6ccccc6-7)ccc54)c3)cc21.